The highest BCUT2D eigenvalue weighted by Gasteiger charge is 2.35. The molecule has 2 aromatic heterocycles. The molecule has 4 heterocycles. The quantitative estimate of drug-likeness (QED) is 0.913. The van der Waals surface area contributed by atoms with Gasteiger partial charge in [-0.15, -0.1) is 0 Å². The number of rotatable bonds is 2. The van der Waals surface area contributed by atoms with Crippen LogP contribution in [0, 0.1) is 0 Å². The highest BCUT2D eigenvalue weighted by molar-refractivity contribution is 5.45. The minimum Gasteiger partial charge on any atom is -0.461 e. The number of piperidine rings is 2. The van der Waals surface area contributed by atoms with Crippen molar-refractivity contribution in [3.8, 4) is 11.6 Å². The molecular weight excluding hydrogens is 252 g/mol. The van der Waals surface area contributed by atoms with E-state index in [4.69, 9.17) is 4.42 Å². The molecule has 0 aliphatic carbocycles. The van der Waals surface area contributed by atoms with Crippen molar-refractivity contribution < 1.29 is 4.42 Å². The van der Waals surface area contributed by atoms with Crippen molar-refractivity contribution in [3.63, 3.8) is 0 Å². The van der Waals surface area contributed by atoms with E-state index in [9.17, 15) is 0 Å². The van der Waals surface area contributed by atoms with Crippen molar-refractivity contribution in [3.05, 3.63) is 24.2 Å². The van der Waals surface area contributed by atoms with Crippen LogP contribution in [0.4, 0.5) is 0 Å². The van der Waals surface area contributed by atoms with Crippen LogP contribution in [-0.2, 0) is 0 Å². The Labute approximate surface area is 118 Å². The lowest BCUT2D eigenvalue weighted by molar-refractivity contribution is 0.0867. The molecule has 0 amide bonds. The summed E-state index contributed by atoms with van der Waals surface area (Å²) in [4.78, 5) is 7.33. The molecule has 0 spiro atoms. The molecule has 4 rings (SSSR count). The van der Waals surface area contributed by atoms with Crippen LogP contribution in [0.1, 0.15) is 43.8 Å². The first-order valence-corrected chi connectivity index (χ1v) is 7.62. The Bertz CT molecular complexity index is 560. The monoisotopic (exact) mass is 272 g/mol. The maximum absolute atomic E-state index is 5.37. The Hall–Kier alpha value is -1.62. The second-order valence-corrected chi connectivity index (χ2v) is 5.87. The van der Waals surface area contributed by atoms with Gasteiger partial charge in [0, 0.05) is 12.0 Å². The van der Waals surface area contributed by atoms with Gasteiger partial charge in [0.1, 0.15) is 5.82 Å². The number of nitrogens with one attached hydrogen (secondary N) is 1. The summed E-state index contributed by atoms with van der Waals surface area (Å²) >= 11 is 0. The van der Waals surface area contributed by atoms with Gasteiger partial charge in [0.05, 0.1) is 6.26 Å². The third-order valence-electron chi connectivity index (χ3n) is 4.68. The van der Waals surface area contributed by atoms with Crippen LogP contribution in [-0.4, -0.2) is 39.2 Å². The maximum atomic E-state index is 5.37. The third kappa shape index (κ3) is 2.06. The van der Waals surface area contributed by atoms with Gasteiger partial charge in [0.15, 0.2) is 5.76 Å². The molecule has 2 aliphatic rings. The van der Waals surface area contributed by atoms with E-state index in [1.54, 1.807) is 6.26 Å². The summed E-state index contributed by atoms with van der Waals surface area (Å²) in [6.45, 7) is 2.50. The van der Waals surface area contributed by atoms with Gasteiger partial charge >= 0.3 is 0 Å². The predicted octanol–water partition coefficient (Wildman–Crippen LogP) is 2.80. The zero-order chi connectivity index (χ0) is 13.4. The Morgan fingerprint density at radius 1 is 1.20 bits per heavy atom. The summed E-state index contributed by atoms with van der Waals surface area (Å²) in [5, 5.41) is 7.47. The molecule has 5 heteroatoms. The number of H-pyrrole nitrogens is 1. The van der Waals surface area contributed by atoms with E-state index in [1.165, 1.54) is 45.2 Å². The number of fused-ring (bicyclic) bond motifs is 1. The van der Waals surface area contributed by atoms with Crippen LogP contribution < -0.4 is 0 Å². The van der Waals surface area contributed by atoms with Gasteiger partial charge in [0.2, 0.25) is 5.82 Å². The zero-order valence-electron chi connectivity index (χ0n) is 11.6. The van der Waals surface area contributed by atoms with Crippen molar-refractivity contribution >= 4 is 0 Å². The number of nitrogens with zero attached hydrogens (tertiary/aromatic N) is 3. The highest BCUT2D eigenvalue weighted by Crippen LogP contribution is 2.36. The first-order chi connectivity index (χ1) is 9.92. The number of hydrogen-bond donors (Lipinski definition) is 1. The van der Waals surface area contributed by atoms with Crippen molar-refractivity contribution in [2.24, 2.45) is 0 Å². The van der Waals surface area contributed by atoms with Gasteiger partial charge in [-0.05, 0) is 50.9 Å². The molecular formula is C15H20N4O. The van der Waals surface area contributed by atoms with E-state index in [0.29, 0.717) is 17.8 Å². The fourth-order valence-electron chi connectivity index (χ4n) is 3.73. The average molecular weight is 272 g/mol. The molecule has 0 radical (unpaired) electrons. The molecule has 2 saturated heterocycles. The predicted molar refractivity (Wildman–Crippen MR) is 75.3 cm³/mol. The molecule has 2 fully saturated rings. The first-order valence-electron chi connectivity index (χ1n) is 7.62. The maximum Gasteiger partial charge on any atom is 0.216 e. The Kier molecular flexibility index (Phi) is 3.07. The van der Waals surface area contributed by atoms with E-state index in [-0.39, 0.29) is 0 Å². The molecule has 0 saturated carbocycles. The van der Waals surface area contributed by atoms with E-state index in [1.807, 2.05) is 12.1 Å². The molecule has 2 aliphatic heterocycles. The molecule has 0 bridgehead atoms. The topological polar surface area (TPSA) is 58.0 Å². The summed E-state index contributed by atoms with van der Waals surface area (Å²) in [5.74, 6) is 2.95. The Morgan fingerprint density at radius 3 is 3.05 bits per heavy atom. The normalized spacial score (nSPS) is 27.4. The van der Waals surface area contributed by atoms with Gasteiger partial charge in [-0.2, -0.15) is 5.10 Å². The van der Waals surface area contributed by atoms with Crippen LogP contribution in [0.3, 0.4) is 0 Å². The summed E-state index contributed by atoms with van der Waals surface area (Å²) in [6, 6.07) is 4.42. The number of hydrogen-bond acceptors (Lipinski definition) is 4. The van der Waals surface area contributed by atoms with Gasteiger partial charge in [-0.1, -0.05) is 6.42 Å². The summed E-state index contributed by atoms with van der Waals surface area (Å²) in [5.41, 5.74) is 0. The fraction of sp³-hybridized carbons (Fsp3) is 0.600. The molecule has 1 N–H and O–H groups in total. The van der Waals surface area contributed by atoms with Crippen LogP contribution in [0.25, 0.3) is 11.6 Å². The fourth-order valence-corrected chi connectivity index (χ4v) is 3.73. The largest absolute Gasteiger partial charge is 0.461 e. The first kappa shape index (κ1) is 12.1. The minimum absolute atomic E-state index is 0.500. The standard InChI is InChI=1S/C15H20N4O/c1-2-8-19-9-3-5-11(12(19)6-1)14-16-15(18-17-14)13-7-4-10-20-13/h4,7,10-12H,1-3,5-6,8-9H2,(H,16,17,18)/t11-,12-/m1/s1. The molecule has 2 aromatic rings. The van der Waals surface area contributed by atoms with Gasteiger partial charge in [-0.25, -0.2) is 4.98 Å². The smallest absolute Gasteiger partial charge is 0.216 e. The zero-order valence-corrected chi connectivity index (χ0v) is 11.6. The summed E-state index contributed by atoms with van der Waals surface area (Å²) in [7, 11) is 0. The number of aromatic nitrogens is 3. The average Bonchev–Trinajstić information content (AvgIpc) is 3.17. The third-order valence-corrected chi connectivity index (χ3v) is 4.68. The Morgan fingerprint density at radius 2 is 2.15 bits per heavy atom. The second-order valence-electron chi connectivity index (χ2n) is 5.87. The van der Waals surface area contributed by atoms with Gasteiger partial charge < -0.3 is 4.42 Å². The van der Waals surface area contributed by atoms with E-state index in [2.05, 4.69) is 20.1 Å². The van der Waals surface area contributed by atoms with E-state index < -0.39 is 0 Å². The minimum atomic E-state index is 0.500. The van der Waals surface area contributed by atoms with Crippen molar-refractivity contribution in [1.29, 1.82) is 0 Å². The number of aromatic amines is 1. The second kappa shape index (κ2) is 5.05. The number of furan rings is 1. The van der Waals surface area contributed by atoms with Crippen molar-refractivity contribution in [1.82, 2.24) is 20.1 Å². The molecule has 20 heavy (non-hydrogen) atoms. The van der Waals surface area contributed by atoms with Crippen molar-refractivity contribution in [2.45, 2.75) is 44.1 Å². The molecule has 106 valence electrons. The SMILES string of the molecule is c1coc(-c2n[nH]c([C@@H]3CCCN4CCCC[C@H]34)n2)c1. The lowest BCUT2D eigenvalue weighted by Gasteiger charge is -2.43. The summed E-state index contributed by atoms with van der Waals surface area (Å²) in [6.07, 6.45) is 8.12. The van der Waals surface area contributed by atoms with Crippen LogP contribution in [0.2, 0.25) is 0 Å². The van der Waals surface area contributed by atoms with Gasteiger partial charge in [0.25, 0.3) is 0 Å². The van der Waals surface area contributed by atoms with Crippen molar-refractivity contribution in [2.75, 3.05) is 13.1 Å². The molecule has 5 nitrogen and oxygen atoms in total. The lowest BCUT2D eigenvalue weighted by atomic mass is 9.83. The molecule has 2 atom stereocenters. The van der Waals surface area contributed by atoms with Crippen LogP contribution >= 0.6 is 0 Å². The van der Waals surface area contributed by atoms with E-state index in [0.717, 1.165) is 11.6 Å². The van der Waals surface area contributed by atoms with Crippen LogP contribution in [0.5, 0.6) is 0 Å². The molecule has 0 unspecified atom stereocenters. The lowest BCUT2D eigenvalue weighted by Crippen LogP contribution is -2.47. The highest BCUT2D eigenvalue weighted by atomic mass is 16.3. The van der Waals surface area contributed by atoms with Crippen LogP contribution in [0.15, 0.2) is 22.8 Å². The summed E-state index contributed by atoms with van der Waals surface area (Å²) < 4.78 is 5.37. The Balaban J connectivity index is 1.60. The van der Waals surface area contributed by atoms with E-state index >= 15 is 0 Å². The molecule has 0 aromatic carbocycles. The van der Waals surface area contributed by atoms with Gasteiger partial charge in [-0.3, -0.25) is 10.00 Å².